The third kappa shape index (κ3) is 4.05. The molecule has 1 saturated carbocycles. The van der Waals surface area contributed by atoms with Gasteiger partial charge in [0.1, 0.15) is 5.82 Å². The van der Waals surface area contributed by atoms with Crippen molar-refractivity contribution in [2.75, 3.05) is 5.73 Å². The Balaban J connectivity index is 0.000000304. The summed E-state index contributed by atoms with van der Waals surface area (Å²) in [7, 11) is 0. The van der Waals surface area contributed by atoms with Gasteiger partial charge in [-0.2, -0.15) is 4.98 Å². The molecule has 9 nitrogen and oxygen atoms in total. The van der Waals surface area contributed by atoms with E-state index in [-0.39, 0.29) is 7.12 Å². The van der Waals surface area contributed by atoms with Crippen molar-refractivity contribution in [2.45, 2.75) is 51.7 Å². The minimum absolute atomic E-state index is 0. The maximum absolute atomic E-state index is 11.4. The summed E-state index contributed by atoms with van der Waals surface area (Å²) in [5.74, 6) is -0.450. The Morgan fingerprint density at radius 3 is 2.43 bits per heavy atom. The molecule has 0 atom stereocenters. The first-order valence-corrected chi connectivity index (χ1v) is 7.60. The van der Waals surface area contributed by atoms with Crippen molar-refractivity contribution in [1.29, 1.82) is 0 Å². The SMILES string of the molecule is CCC1CCC2(CC1)OC(=O)C(N)=C(O)O2.Cc1nc(N)n[nH]1.[HH]. The number of aliphatic hydroxyl groups is 1. The zero-order chi connectivity index (χ0) is 17.0. The second-order valence-corrected chi connectivity index (χ2v) is 5.75. The van der Waals surface area contributed by atoms with E-state index in [1.54, 1.807) is 6.92 Å². The van der Waals surface area contributed by atoms with Crippen molar-refractivity contribution in [1.82, 2.24) is 15.2 Å². The molecule has 6 N–H and O–H groups in total. The maximum atomic E-state index is 11.4. The lowest BCUT2D eigenvalue weighted by Crippen LogP contribution is -2.46. The third-order valence-corrected chi connectivity index (χ3v) is 4.07. The third-order valence-electron chi connectivity index (χ3n) is 4.07. The van der Waals surface area contributed by atoms with Crippen LogP contribution in [0.2, 0.25) is 0 Å². The summed E-state index contributed by atoms with van der Waals surface area (Å²) in [6.45, 7) is 3.94. The number of nitrogens with zero attached hydrogens (tertiary/aromatic N) is 2. The number of esters is 1. The standard InChI is InChI=1S/C11H17NO4.C3H6N4.H2/c1-2-7-3-5-11(6-4-7)15-9(13)8(12)10(14)16-11;1-2-5-3(4)7-6-2;/h7,13H,2-6,12H2,1H3;1H3,(H3,4,5,6,7);1H. The van der Waals surface area contributed by atoms with Crippen LogP contribution in [-0.4, -0.2) is 32.0 Å². The van der Waals surface area contributed by atoms with Gasteiger partial charge in [-0.05, 0) is 25.7 Å². The zero-order valence-corrected chi connectivity index (χ0v) is 13.3. The smallest absolute Gasteiger partial charge is 0.364 e. The number of carbonyl (C=O) groups excluding carboxylic acids is 1. The summed E-state index contributed by atoms with van der Waals surface area (Å²) >= 11 is 0. The van der Waals surface area contributed by atoms with Crippen LogP contribution in [-0.2, 0) is 14.3 Å². The molecule has 0 amide bonds. The van der Waals surface area contributed by atoms with E-state index in [9.17, 15) is 9.90 Å². The average molecular weight is 327 g/mol. The van der Waals surface area contributed by atoms with Crippen molar-refractivity contribution in [3.8, 4) is 0 Å². The molecule has 1 fully saturated rings. The Hall–Kier alpha value is -2.45. The largest absolute Gasteiger partial charge is 0.479 e. The quantitative estimate of drug-likeness (QED) is 0.566. The first kappa shape index (κ1) is 16.9. The molecule has 2 heterocycles. The number of anilines is 1. The van der Waals surface area contributed by atoms with Gasteiger partial charge in [0, 0.05) is 14.3 Å². The number of aryl methyl sites for hydroxylation is 1. The van der Waals surface area contributed by atoms with Gasteiger partial charge in [-0.15, -0.1) is 5.10 Å². The number of carbonyl (C=O) groups is 1. The molecule has 9 heteroatoms. The molecule has 1 aromatic heterocycles. The molecule has 1 aromatic rings. The van der Waals surface area contributed by atoms with E-state index in [4.69, 9.17) is 20.9 Å². The molecule has 0 unspecified atom stereocenters. The van der Waals surface area contributed by atoms with Crippen LogP contribution >= 0.6 is 0 Å². The highest BCUT2D eigenvalue weighted by atomic mass is 16.8. The van der Waals surface area contributed by atoms with Gasteiger partial charge in [0.2, 0.25) is 5.95 Å². The minimum atomic E-state index is -0.976. The van der Waals surface area contributed by atoms with Crippen LogP contribution in [0.25, 0.3) is 0 Å². The number of aliphatic hydroxyl groups excluding tert-OH is 1. The molecular formula is C14H25N5O4. The summed E-state index contributed by atoms with van der Waals surface area (Å²) in [6.07, 6.45) is 4.24. The molecule has 3 rings (SSSR count). The van der Waals surface area contributed by atoms with Gasteiger partial charge >= 0.3 is 11.9 Å². The number of hydrogen-bond acceptors (Lipinski definition) is 8. The second-order valence-electron chi connectivity index (χ2n) is 5.75. The molecule has 0 radical (unpaired) electrons. The number of hydrogen-bond donors (Lipinski definition) is 4. The number of aromatic amines is 1. The normalized spacial score (nSPS) is 27.0. The first-order valence-electron chi connectivity index (χ1n) is 7.60. The van der Waals surface area contributed by atoms with Gasteiger partial charge in [-0.25, -0.2) is 4.79 Å². The van der Waals surface area contributed by atoms with Gasteiger partial charge in [-0.3, -0.25) is 5.10 Å². The predicted octanol–water partition coefficient (Wildman–Crippen LogP) is 1.48. The highest BCUT2D eigenvalue weighted by Gasteiger charge is 2.45. The van der Waals surface area contributed by atoms with E-state index in [0.717, 1.165) is 25.1 Å². The van der Waals surface area contributed by atoms with E-state index in [0.29, 0.717) is 24.7 Å². The highest BCUT2D eigenvalue weighted by molar-refractivity contribution is 5.88. The lowest BCUT2D eigenvalue weighted by atomic mass is 9.83. The van der Waals surface area contributed by atoms with E-state index < -0.39 is 17.7 Å². The summed E-state index contributed by atoms with van der Waals surface area (Å²) < 4.78 is 10.4. The Bertz CT molecular complexity index is 579. The summed E-state index contributed by atoms with van der Waals surface area (Å²) in [5.41, 5.74) is 10.1. The number of nitrogen functional groups attached to an aromatic ring is 1. The fourth-order valence-electron chi connectivity index (χ4n) is 2.65. The van der Waals surface area contributed by atoms with Crippen LogP contribution in [0.4, 0.5) is 5.95 Å². The predicted molar refractivity (Wildman–Crippen MR) is 83.6 cm³/mol. The molecule has 1 aliphatic heterocycles. The fourth-order valence-corrected chi connectivity index (χ4v) is 2.65. The van der Waals surface area contributed by atoms with Gasteiger partial charge in [0.25, 0.3) is 5.79 Å². The monoisotopic (exact) mass is 327 g/mol. The Morgan fingerprint density at radius 2 is 2.04 bits per heavy atom. The van der Waals surface area contributed by atoms with Crippen LogP contribution in [0.3, 0.4) is 0 Å². The van der Waals surface area contributed by atoms with Crippen LogP contribution < -0.4 is 11.5 Å². The topological polar surface area (TPSA) is 149 Å². The summed E-state index contributed by atoms with van der Waals surface area (Å²) in [4.78, 5) is 15.1. The number of rotatable bonds is 1. The van der Waals surface area contributed by atoms with Crippen molar-refractivity contribution in [2.24, 2.45) is 11.7 Å². The Kier molecular flexibility index (Phi) is 4.97. The molecule has 1 spiro atoms. The summed E-state index contributed by atoms with van der Waals surface area (Å²) in [5, 5.41) is 15.6. The number of aromatic nitrogens is 3. The van der Waals surface area contributed by atoms with E-state index >= 15 is 0 Å². The van der Waals surface area contributed by atoms with Gasteiger partial charge < -0.3 is 26.0 Å². The molecule has 23 heavy (non-hydrogen) atoms. The maximum Gasteiger partial charge on any atom is 0.364 e. The van der Waals surface area contributed by atoms with Crippen LogP contribution in [0.15, 0.2) is 11.6 Å². The minimum Gasteiger partial charge on any atom is -0.479 e. The van der Waals surface area contributed by atoms with E-state index in [1.807, 2.05) is 0 Å². The zero-order valence-electron chi connectivity index (χ0n) is 13.3. The van der Waals surface area contributed by atoms with Crippen molar-refractivity contribution < 1.29 is 20.8 Å². The number of nitrogens with two attached hydrogens (primary N) is 2. The highest BCUT2D eigenvalue weighted by Crippen LogP contribution is 2.40. The van der Waals surface area contributed by atoms with Gasteiger partial charge in [-0.1, -0.05) is 13.3 Å². The van der Waals surface area contributed by atoms with Gasteiger partial charge in [0.05, 0.1) is 0 Å². The van der Waals surface area contributed by atoms with Gasteiger partial charge in [0.15, 0.2) is 5.70 Å². The van der Waals surface area contributed by atoms with E-state index in [1.165, 1.54) is 0 Å². The average Bonchev–Trinajstić information content (AvgIpc) is 2.90. The second kappa shape index (κ2) is 6.76. The number of H-pyrrole nitrogens is 1. The lowest BCUT2D eigenvalue weighted by molar-refractivity contribution is -0.253. The summed E-state index contributed by atoms with van der Waals surface area (Å²) in [6, 6.07) is 0. The van der Waals surface area contributed by atoms with Crippen molar-refractivity contribution in [3.63, 3.8) is 0 Å². The molecule has 130 valence electrons. The molecule has 0 aromatic carbocycles. The molecule has 0 bridgehead atoms. The Morgan fingerprint density at radius 1 is 1.39 bits per heavy atom. The van der Waals surface area contributed by atoms with Crippen LogP contribution in [0.5, 0.6) is 0 Å². The number of ether oxygens (including phenoxy) is 2. The fraction of sp³-hybridized carbons (Fsp3) is 0.643. The Labute approximate surface area is 135 Å². The first-order chi connectivity index (χ1) is 10.8. The molecule has 0 saturated heterocycles. The molecular weight excluding hydrogens is 302 g/mol. The molecule has 1 aliphatic carbocycles. The van der Waals surface area contributed by atoms with E-state index in [2.05, 4.69) is 22.1 Å². The van der Waals surface area contributed by atoms with Crippen LogP contribution in [0, 0.1) is 12.8 Å². The van der Waals surface area contributed by atoms with Crippen molar-refractivity contribution >= 4 is 11.9 Å². The van der Waals surface area contributed by atoms with Crippen LogP contribution in [0.1, 0.15) is 46.3 Å². The lowest BCUT2D eigenvalue weighted by Gasteiger charge is -2.40. The van der Waals surface area contributed by atoms with Crippen molar-refractivity contribution in [3.05, 3.63) is 17.5 Å². The number of nitrogens with one attached hydrogen (secondary N) is 1. The molecule has 2 aliphatic rings.